The molecule has 1 saturated heterocycles. The maximum Gasteiger partial charge on any atom is 0.254 e. The number of hydrogen-bond acceptors (Lipinski definition) is 3. The molecule has 1 atom stereocenters. The molecule has 2 aromatic heterocycles. The van der Waals surface area contributed by atoms with Crippen LogP contribution in [0, 0.1) is 6.92 Å². The Labute approximate surface area is 145 Å². The zero-order chi connectivity index (χ0) is 17.4. The average Bonchev–Trinajstić information content (AvgIpc) is 3.06. The predicted octanol–water partition coefficient (Wildman–Crippen LogP) is 2.51. The molecular weight excluding hydrogens is 316 g/mol. The number of aromatic nitrogens is 3. The first kappa shape index (κ1) is 15.6. The molecule has 3 heterocycles. The molecule has 1 amide bonds. The number of likely N-dealkylation sites (tertiary alicyclic amines) is 1. The Morgan fingerprint density at radius 2 is 2.16 bits per heavy atom. The number of aromatic amines is 1. The van der Waals surface area contributed by atoms with Crippen LogP contribution in [0.3, 0.4) is 0 Å². The van der Waals surface area contributed by atoms with E-state index in [0.29, 0.717) is 24.2 Å². The van der Waals surface area contributed by atoms with Crippen molar-refractivity contribution in [2.24, 2.45) is 0 Å². The van der Waals surface area contributed by atoms with Crippen LogP contribution in [0.15, 0.2) is 47.5 Å². The van der Waals surface area contributed by atoms with Gasteiger partial charge in [-0.1, -0.05) is 18.2 Å². The number of imidazole rings is 1. The van der Waals surface area contributed by atoms with Crippen molar-refractivity contribution in [3.63, 3.8) is 0 Å². The minimum Gasteiger partial charge on any atom is -0.337 e. The molecule has 0 saturated carbocycles. The number of aryl methyl sites for hydroxylation is 1. The van der Waals surface area contributed by atoms with Crippen molar-refractivity contribution in [2.75, 3.05) is 13.1 Å². The Hall–Kier alpha value is -2.89. The highest BCUT2D eigenvalue weighted by Gasteiger charge is 2.27. The standard InChI is InChI=1S/C19H20N4O2/c1-13-20-8-10-23(13)14-5-4-9-22(12-14)19(25)16-11-18(24)21-17-7-3-2-6-15(16)17/h2-3,6-8,10-11,14H,4-5,9,12H2,1H3,(H,21,24)/t14-/m0/s1. The number of nitrogens with one attached hydrogen (secondary N) is 1. The first-order valence-corrected chi connectivity index (χ1v) is 8.54. The average molecular weight is 336 g/mol. The minimum absolute atomic E-state index is 0.0789. The highest BCUT2D eigenvalue weighted by molar-refractivity contribution is 6.05. The van der Waals surface area contributed by atoms with Gasteiger partial charge in [-0.05, 0) is 25.8 Å². The number of rotatable bonds is 2. The molecule has 1 fully saturated rings. The van der Waals surface area contributed by atoms with Crippen LogP contribution in [-0.4, -0.2) is 38.4 Å². The van der Waals surface area contributed by atoms with Gasteiger partial charge in [-0.3, -0.25) is 9.59 Å². The summed E-state index contributed by atoms with van der Waals surface area (Å²) >= 11 is 0. The lowest BCUT2D eigenvalue weighted by Gasteiger charge is -2.34. The van der Waals surface area contributed by atoms with E-state index < -0.39 is 0 Å². The van der Waals surface area contributed by atoms with Crippen LogP contribution in [0.25, 0.3) is 10.9 Å². The summed E-state index contributed by atoms with van der Waals surface area (Å²) < 4.78 is 2.13. The van der Waals surface area contributed by atoms with Crippen molar-refractivity contribution >= 4 is 16.8 Å². The Bertz CT molecular complexity index is 988. The molecule has 1 aliphatic rings. The van der Waals surface area contributed by atoms with Gasteiger partial charge in [-0.25, -0.2) is 4.98 Å². The summed E-state index contributed by atoms with van der Waals surface area (Å²) in [5.41, 5.74) is 0.917. The third-order valence-electron chi connectivity index (χ3n) is 4.92. The minimum atomic E-state index is -0.249. The van der Waals surface area contributed by atoms with E-state index in [1.807, 2.05) is 42.3 Å². The van der Waals surface area contributed by atoms with Gasteiger partial charge in [0.1, 0.15) is 5.82 Å². The highest BCUT2D eigenvalue weighted by Crippen LogP contribution is 2.25. The van der Waals surface area contributed by atoms with Crippen molar-refractivity contribution < 1.29 is 4.79 Å². The Morgan fingerprint density at radius 3 is 2.96 bits per heavy atom. The zero-order valence-electron chi connectivity index (χ0n) is 14.1. The molecule has 6 heteroatoms. The van der Waals surface area contributed by atoms with Gasteiger partial charge in [0.25, 0.3) is 5.91 Å². The molecule has 1 aromatic carbocycles. The maximum atomic E-state index is 13.1. The number of fused-ring (bicyclic) bond motifs is 1. The van der Waals surface area contributed by atoms with Crippen LogP contribution >= 0.6 is 0 Å². The molecule has 1 N–H and O–H groups in total. The Balaban J connectivity index is 1.67. The number of pyridine rings is 1. The molecule has 3 aromatic rings. The fourth-order valence-corrected chi connectivity index (χ4v) is 3.69. The van der Waals surface area contributed by atoms with Gasteiger partial charge in [-0.15, -0.1) is 0 Å². The lowest BCUT2D eigenvalue weighted by atomic mass is 10.0. The van der Waals surface area contributed by atoms with Gasteiger partial charge in [0, 0.05) is 42.5 Å². The van der Waals surface area contributed by atoms with E-state index >= 15 is 0 Å². The van der Waals surface area contributed by atoms with E-state index in [1.165, 1.54) is 6.07 Å². The zero-order valence-corrected chi connectivity index (χ0v) is 14.1. The molecular formula is C19H20N4O2. The van der Waals surface area contributed by atoms with Gasteiger partial charge < -0.3 is 14.5 Å². The van der Waals surface area contributed by atoms with E-state index in [9.17, 15) is 9.59 Å². The molecule has 128 valence electrons. The fourth-order valence-electron chi connectivity index (χ4n) is 3.69. The Morgan fingerprint density at radius 1 is 1.32 bits per heavy atom. The molecule has 1 aliphatic heterocycles. The van der Waals surface area contributed by atoms with Crippen LogP contribution in [0.4, 0.5) is 0 Å². The number of H-pyrrole nitrogens is 1. The topological polar surface area (TPSA) is 71.0 Å². The second-order valence-electron chi connectivity index (χ2n) is 6.52. The van der Waals surface area contributed by atoms with Crippen LogP contribution in [0.2, 0.25) is 0 Å². The van der Waals surface area contributed by atoms with Crippen molar-refractivity contribution in [2.45, 2.75) is 25.8 Å². The Kier molecular flexibility index (Phi) is 3.87. The van der Waals surface area contributed by atoms with Crippen molar-refractivity contribution in [3.8, 4) is 0 Å². The van der Waals surface area contributed by atoms with Crippen molar-refractivity contribution in [1.29, 1.82) is 0 Å². The number of nitrogens with zero attached hydrogens (tertiary/aromatic N) is 3. The lowest BCUT2D eigenvalue weighted by Crippen LogP contribution is -2.41. The number of carbonyl (C=O) groups excluding carboxylic acids is 1. The largest absolute Gasteiger partial charge is 0.337 e. The number of benzene rings is 1. The summed E-state index contributed by atoms with van der Waals surface area (Å²) in [6.45, 7) is 3.33. The molecule has 0 spiro atoms. The highest BCUT2D eigenvalue weighted by atomic mass is 16.2. The summed E-state index contributed by atoms with van der Waals surface area (Å²) in [6, 6.07) is 9.07. The van der Waals surface area contributed by atoms with E-state index in [0.717, 1.165) is 24.1 Å². The lowest BCUT2D eigenvalue weighted by molar-refractivity contribution is 0.0680. The van der Waals surface area contributed by atoms with E-state index in [2.05, 4.69) is 14.5 Å². The van der Waals surface area contributed by atoms with E-state index in [4.69, 9.17) is 0 Å². The first-order chi connectivity index (χ1) is 12.1. The predicted molar refractivity (Wildman–Crippen MR) is 95.7 cm³/mol. The second kappa shape index (κ2) is 6.20. The van der Waals surface area contributed by atoms with Crippen LogP contribution in [-0.2, 0) is 0 Å². The van der Waals surface area contributed by atoms with Gasteiger partial charge in [0.05, 0.1) is 11.6 Å². The summed E-state index contributed by atoms with van der Waals surface area (Å²) in [5.74, 6) is 0.880. The molecule has 0 bridgehead atoms. The number of hydrogen-bond donors (Lipinski definition) is 1. The van der Waals surface area contributed by atoms with Crippen molar-refractivity contribution in [3.05, 3.63) is 64.5 Å². The SMILES string of the molecule is Cc1nccn1[C@H]1CCCN(C(=O)c2cc(=O)[nH]c3ccccc23)C1. The molecule has 0 unspecified atom stereocenters. The summed E-state index contributed by atoms with van der Waals surface area (Å²) in [4.78, 5) is 34.0. The second-order valence-corrected chi connectivity index (χ2v) is 6.52. The molecule has 25 heavy (non-hydrogen) atoms. The molecule has 0 radical (unpaired) electrons. The van der Waals surface area contributed by atoms with Crippen LogP contribution in [0.1, 0.15) is 35.1 Å². The van der Waals surface area contributed by atoms with E-state index in [-0.39, 0.29) is 17.5 Å². The molecule has 6 nitrogen and oxygen atoms in total. The fraction of sp³-hybridized carbons (Fsp3) is 0.316. The van der Waals surface area contributed by atoms with Gasteiger partial charge in [-0.2, -0.15) is 0 Å². The van der Waals surface area contributed by atoms with E-state index in [1.54, 1.807) is 6.20 Å². The number of carbonyl (C=O) groups is 1. The van der Waals surface area contributed by atoms with Crippen LogP contribution < -0.4 is 5.56 Å². The van der Waals surface area contributed by atoms with Crippen LogP contribution in [0.5, 0.6) is 0 Å². The summed E-state index contributed by atoms with van der Waals surface area (Å²) in [5, 5.41) is 0.785. The third kappa shape index (κ3) is 2.84. The normalized spacial score (nSPS) is 17.8. The van der Waals surface area contributed by atoms with Gasteiger partial charge in [0.15, 0.2) is 0 Å². The number of piperidine rings is 1. The maximum absolute atomic E-state index is 13.1. The smallest absolute Gasteiger partial charge is 0.254 e. The van der Waals surface area contributed by atoms with Crippen molar-refractivity contribution in [1.82, 2.24) is 19.4 Å². The summed E-state index contributed by atoms with van der Waals surface area (Å²) in [7, 11) is 0. The molecule has 4 rings (SSSR count). The monoisotopic (exact) mass is 336 g/mol. The molecule has 0 aliphatic carbocycles. The summed E-state index contributed by atoms with van der Waals surface area (Å²) in [6.07, 6.45) is 5.73. The van der Waals surface area contributed by atoms with Gasteiger partial charge >= 0.3 is 0 Å². The first-order valence-electron chi connectivity index (χ1n) is 8.54. The van der Waals surface area contributed by atoms with Gasteiger partial charge in [0.2, 0.25) is 5.56 Å². The quantitative estimate of drug-likeness (QED) is 0.782. The number of para-hydroxylation sites is 1. The number of amides is 1. The third-order valence-corrected chi connectivity index (χ3v) is 4.92.